The van der Waals surface area contributed by atoms with E-state index in [1.807, 2.05) is 0 Å². The Morgan fingerprint density at radius 2 is 1.86 bits per heavy atom. The van der Waals surface area contributed by atoms with E-state index in [4.69, 9.17) is 5.73 Å². The Labute approximate surface area is 167 Å². The standard InChI is InChI=1S/C19H23FN4O3S/c20-12-10-15-16(22-11-12)23(13-6-8-28-9-7-13)19(27)24(17(15)25,18(21)26)14-4-2-1-3-5-14/h10-11,13-14H,1-9H2,(H-,21,26)/p+1. The van der Waals surface area contributed by atoms with Gasteiger partial charge in [-0.05, 0) is 43.3 Å². The van der Waals surface area contributed by atoms with E-state index in [0.717, 1.165) is 55.9 Å². The molecule has 1 aliphatic carbocycles. The highest BCUT2D eigenvalue weighted by atomic mass is 32.2. The summed E-state index contributed by atoms with van der Waals surface area (Å²) in [5, 5.41) is 0. The van der Waals surface area contributed by atoms with Gasteiger partial charge >= 0.3 is 18.0 Å². The molecule has 1 atom stereocenters. The van der Waals surface area contributed by atoms with E-state index >= 15 is 0 Å². The van der Waals surface area contributed by atoms with Crippen LogP contribution in [0.4, 0.5) is 19.8 Å². The number of urea groups is 2. The Bertz CT molecular complexity index is 823. The molecule has 28 heavy (non-hydrogen) atoms. The zero-order valence-electron chi connectivity index (χ0n) is 15.6. The number of carbonyl (C=O) groups excluding carboxylic acids is 3. The minimum atomic E-state index is -1.07. The first-order valence-corrected chi connectivity index (χ1v) is 10.9. The van der Waals surface area contributed by atoms with Crippen molar-refractivity contribution < 1.29 is 23.3 Å². The van der Waals surface area contributed by atoms with E-state index in [1.165, 1.54) is 4.90 Å². The van der Waals surface area contributed by atoms with E-state index in [-0.39, 0.29) is 17.4 Å². The number of halogens is 1. The number of primary amides is 1. The fourth-order valence-corrected chi connectivity index (χ4v) is 5.84. The van der Waals surface area contributed by atoms with Gasteiger partial charge in [0.1, 0.15) is 17.4 Å². The number of aromatic nitrogens is 1. The molecule has 1 aromatic heterocycles. The average Bonchev–Trinajstić information content (AvgIpc) is 2.70. The molecule has 1 saturated carbocycles. The molecular formula is C19H24FN4O3S+. The number of anilines is 1. The Morgan fingerprint density at radius 1 is 1.18 bits per heavy atom. The van der Waals surface area contributed by atoms with Gasteiger partial charge in [0.25, 0.3) is 0 Å². The second-order valence-corrected chi connectivity index (χ2v) is 8.90. The van der Waals surface area contributed by atoms with Gasteiger partial charge in [0.05, 0.1) is 6.20 Å². The quantitative estimate of drug-likeness (QED) is 0.758. The molecular weight excluding hydrogens is 383 g/mol. The van der Waals surface area contributed by atoms with Gasteiger partial charge in [0.15, 0.2) is 5.82 Å². The van der Waals surface area contributed by atoms with Crippen LogP contribution >= 0.6 is 11.8 Å². The number of nitrogens with two attached hydrogens (primary N) is 1. The lowest BCUT2D eigenvalue weighted by Gasteiger charge is -2.45. The highest BCUT2D eigenvalue weighted by Gasteiger charge is 2.64. The van der Waals surface area contributed by atoms with Gasteiger partial charge in [-0.15, -0.1) is 0 Å². The van der Waals surface area contributed by atoms with Gasteiger partial charge < -0.3 is 5.73 Å². The molecule has 1 saturated heterocycles. The van der Waals surface area contributed by atoms with Crippen LogP contribution in [-0.2, 0) is 0 Å². The molecule has 150 valence electrons. The maximum Gasteiger partial charge on any atom is 0.442 e. The van der Waals surface area contributed by atoms with Crippen molar-refractivity contribution in [2.24, 2.45) is 5.73 Å². The first-order chi connectivity index (χ1) is 13.5. The Kier molecular flexibility index (Phi) is 5.13. The third-order valence-electron chi connectivity index (χ3n) is 6.15. The fraction of sp³-hybridized carbons (Fsp3) is 0.579. The lowest BCUT2D eigenvalue weighted by molar-refractivity contribution is -0.713. The molecule has 0 aromatic carbocycles. The van der Waals surface area contributed by atoms with Crippen molar-refractivity contribution >= 4 is 35.5 Å². The molecule has 3 heterocycles. The number of thioether (sulfide) groups is 1. The van der Waals surface area contributed by atoms with Gasteiger partial charge in [-0.1, -0.05) is 10.9 Å². The number of pyridine rings is 1. The Balaban J connectivity index is 1.90. The lowest BCUT2D eigenvalue weighted by atomic mass is 9.90. The molecule has 3 aliphatic rings. The number of carbonyl (C=O) groups is 3. The predicted molar refractivity (Wildman–Crippen MR) is 103 cm³/mol. The maximum absolute atomic E-state index is 14.0. The normalized spacial score (nSPS) is 27.0. The highest BCUT2D eigenvalue weighted by Crippen LogP contribution is 2.41. The first kappa shape index (κ1) is 19.3. The monoisotopic (exact) mass is 407 g/mol. The molecule has 7 nitrogen and oxygen atoms in total. The van der Waals surface area contributed by atoms with Gasteiger partial charge in [0.2, 0.25) is 0 Å². The predicted octanol–water partition coefficient (Wildman–Crippen LogP) is 3.42. The van der Waals surface area contributed by atoms with Crippen LogP contribution in [0.2, 0.25) is 0 Å². The van der Waals surface area contributed by atoms with Gasteiger partial charge in [-0.2, -0.15) is 11.8 Å². The summed E-state index contributed by atoms with van der Waals surface area (Å²) in [6.07, 6.45) is 6.24. The van der Waals surface area contributed by atoms with Crippen LogP contribution in [0.15, 0.2) is 12.3 Å². The van der Waals surface area contributed by atoms with Crippen LogP contribution in [0, 0.1) is 5.82 Å². The number of rotatable bonds is 2. The number of fused-ring (bicyclic) bond motifs is 1. The number of hydrogen-bond donors (Lipinski definition) is 1. The van der Waals surface area contributed by atoms with E-state index in [1.54, 1.807) is 11.8 Å². The first-order valence-electron chi connectivity index (χ1n) is 9.78. The van der Waals surface area contributed by atoms with Crippen molar-refractivity contribution in [1.29, 1.82) is 0 Å². The third kappa shape index (κ3) is 2.83. The van der Waals surface area contributed by atoms with Crippen molar-refractivity contribution in [2.45, 2.75) is 57.0 Å². The van der Waals surface area contributed by atoms with Crippen LogP contribution in [-0.4, -0.2) is 51.0 Å². The molecule has 5 amide bonds. The maximum atomic E-state index is 14.0. The summed E-state index contributed by atoms with van der Waals surface area (Å²) < 4.78 is 12.9. The molecule has 1 aromatic rings. The zero-order chi connectivity index (χ0) is 19.9. The third-order valence-corrected chi connectivity index (χ3v) is 7.19. The minimum absolute atomic E-state index is 0.0257. The van der Waals surface area contributed by atoms with Crippen LogP contribution in [0.5, 0.6) is 0 Å². The van der Waals surface area contributed by atoms with Crippen molar-refractivity contribution in [3.8, 4) is 0 Å². The summed E-state index contributed by atoms with van der Waals surface area (Å²) in [6.45, 7) is 0. The van der Waals surface area contributed by atoms with Gasteiger partial charge in [0, 0.05) is 18.9 Å². The van der Waals surface area contributed by atoms with Crippen LogP contribution in [0.25, 0.3) is 0 Å². The van der Waals surface area contributed by atoms with Crippen molar-refractivity contribution in [3.63, 3.8) is 0 Å². The molecule has 2 N–H and O–H groups in total. The molecule has 0 bridgehead atoms. The summed E-state index contributed by atoms with van der Waals surface area (Å²) >= 11 is 1.80. The van der Waals surface area contributed by atoms with Crippen molar-refractivity contribution in [3.05, 3.63) is 23.6 Å². The second-order valence-electron chi connectivity index (χ2n) is 7.68. The van der Waals surface area contributed by atoms with Crippen LogP contribution < -0.4 is 10.6 Å². The smallest absolute Gasteiger partial charge is 0.318 e. The largest absolute Gasteiger partial charge is 0.442 e. The summed E-state index contributed by atoms with van der Waals surface area (Å²) in [5.74, 6) is 0.483. The fourth-order valence-electron chi connectivity index (χ4n) is 4.76. The van der Waals surface area contributed by atoms with Crippen molar-refractivity contribution in [2.75, 3.05) is 16.4 Å². The average molecular weight is 407 g/mol. The number of nitrogens with zero attached hydrogens (tertiary/aromatic N) is 3. The SMILES string of the molecule is NC(=O)[N+]1(C2CCCCC2)C(=O)c2cc(F)cnc2N(C2CCSCC2)C1=O. The van der Waals surface area contributed by atoms with Crippen LogP contribution in [0.3, 0.4) is 0 Å². The van der Waals surface area contributed by atoms with E-state index in [2.05, 4.69) is 4.98 Å². The molecule has 4 rings (SSSR count). The zero-order valence-corrected chi connectivity index (χ0v) is 16.4. The van der Waals surface area contributed by atoms with Gasteiger partial charge in [-0.25, -0.2) is 28.7 Å². The molecule has 1 unspecified atom stereocenters. The Morgan fingerprint density at radius 3 is 2.50 bits per heavy atom. The minimum Gasteiger partial charge on any atom is -0.318 e. The number of imide groups is 3. The summed E-state index contributed by atoms with van der Waals surface area (Å²) in [5.41, 5.74) is 5.72. The molecule has 2 aliphatic heterocycles. The summed E-state index contributed by atoms with van der Waals surface area (Å²) in [6, 6.07) is -1.21. The topological polar surface area (TPSA) is 93.4 Å². The lowest BCUT2D eigenvalue weighted by Crippen LogP contribution is -2.74. The molecule has 2 fully saturated rings. The summed E-state index contributed by atoms with van der Waals surface area (Å²) in [4.78, 5) is 45.5. The molecule has 0 spiro atoms. The van der Waals surface area contributed by atoms with E-state index in [9.17, 15) is 18.8 Å². The molecule has 0 radical (unpaired) electrons. The summed E-state index contributed by atoms with van der Waals surface area (Å²) in [7, 11) is 0. The number of amides is 5. The molecule has 9 heteroatoms. The second kappa shape index (κ2) is 7.44. The van der Waals surface area contributed by atoms with Crippen LogP contribution in [0.1, 0.15) is 55.3 Å². The number of hydrogen-bond acceptors (Lipinski definition) is 5. The highest BCUT2D eigenvalue weighted by molar-refractivity contribution is 7.99. The van der Waals surface area contributed by atoms with Crippen molar-refractivity contribution in [1.82, 2.24) is 4.98 Å². The number of quaternary nitrogens is 1. The van der Waals surface area contributed by atoms with E-state index in [0.29, 0.717) is 12.8 Å². The van der Waals surface area contributed by atoms with E-state index < -0.39 is 34.3 Å². The van der Waals surface area contributed by atoms with Gasteiger partial charge in [-0.3, -0.25) is 0 Å². The Hall–Kier alpha value is -2.00.